The average Bonchev–Trinajstić information content (AvgIpc) is 2.75. The lowest BCUT2D eigenvalue weighted by Gasteiger charge is -2.23. The maximum absolute atomic E-state index is 12.8. The standard InChI is InChI=1S/C22H18BrCl2N3O2/c23-17-12-15(8-11-18(17)25)21(29)27-19(13-6-9-16(24)10-7-13)22(30)28-20(26)14-4-2-1-3-5-14/h1-12,19,22,30H,(H2,26,28)(H,27,29). The summed E-state index contributed by atoms with van der Waals surface area (Å²) in [7, 11) is 0. The van der Waals surface area contributed by atoms with E-state index in [1.54, 1.807) is 54.6 Å². The van der Waals surface area contributed by atoms with E-state index in [0.717, 1.165) is 0 Å². The van der Waals surface area contributed by atoms with E-state index in [2.05, 4.69) is 26.2 Å². The predicted molar refractivity (Wildman–Crippen MR) is 124 cm³/mol. The van der Waals surface area contributed by atoms with Crippen molar-refractivity contribution < 1.29 is 9.90 Å². The molecule has 0 saturated carbocycles. The van der Waals surface area contributed by atoms with Crippen LogP contribution in [0.15, 0.2) is 82.3 Å². The lowest BCUT2D eigenvalue weighted by molar-refractivity contribution is 0.0845. The van der Waals surface area contributed by atoms with Gasteiger partial charge >= 0.3 is 0 Å². The SMILES string of the molecule is NC(=NC(O)C(NC(=O)c1ccc(Cl)c(Br)c1)c1ccc(Cl)cc1)c1ccccc1. The number of carbonyl (C=O) groups excluding carboxylic acids is 1. The summed E-state index contributed by atoms with van der Waals surface area (Å²) in [5, 5.41) is 14.6. The molecule has 4 N–H and O–H groups in total. The van der Waals surface area contributed by atoms with Crippen molar-refractivity contribution in [1.82, 2.24) is 5.32 Å². The maximum Gasteiger partial charge on any atom is 0.251 e. The highest BCUT2D eigenvalue weighted by Crippen LogP contribution is 2.25. The number of nitrogens with zero attached hydrogens (tertiary/aromatic N) is 1. The summed E-state index contributed by atoms with van der Waals surface area (Å²) in [6.07, 6.45) is -1.33. The Labute approximate surface area is 192 Å². The van der Waals surface area contributed by atoms with Crippen LogP contribution in [0.25, 0.3) is 0 Å². The predicted octanol–water partition coefficient (Wildman–Crippen LogP) is 4.95. The number of carbonyl (C=O) groups is 1. The molecule has 0 heterocycles. The van der Waals surface area contributed by atoms with Gasteiger partial charge in [-0.2, -0.15) is 0 Å². The number of rotatable bonds is 6. The van der Waals surface area contributed by atoms with E-state index in [9.17, 15) is 9.90 Å². The topological polar surface area (TPSA) is 87.7 Å². The second-order valence-electron chi connectivity index (χ2n) is 6.43. The fraction of sp³-hybridized carbons (Fsp3) is 0.0909. The van der Waals surface area contributed by atoms with Gasteiger partial charge in [-0.15, -0.1) is 0 Å². The molecule has 0 aliphatic heterocycles. The Bertz CT molecular complexity index is 1060. The van der Waals surface area contributed by atoms with Crippen LogP contribution in [0.1, 0.15) is 27.5 Å². The molecular formula is C22H18BrCl2N3O2. The quantitative estimate of drug-likeness (QED) is 0.326. The van der Waals surface area contributed by atoms with Gasteiger partial charge < -0.3 is 16.2 Å². The van der Waals surface area contributed by atoms with Crippen molar-refractivity contribution in [3.63, 3.8) is 0 Å². The highest BCUT2D eigenvalue weighted by Gasteiger charge is 2.24. The van der Waals surface area contributed by atoms with Crippen molar-refractivity contribution in [2.24, 2.45) is 10.7 Å². The number of hydrogen-bond acceptors (Lipinski definition) is 3. The van der Waals surface area contributed by atoms with E-state index in [1.807, 2.05) is 18.2 Å². The average molecular weight is 507 g/mol. The number of halogens is 3. The van der Waals surface area contributed by atoms with E-state index < -0.39 is 18.2 Å². The Kier molecular flexibility index (Phi) is 7.50. The number of nitrogens with two attached hydrogens (primary N) is 1. The molecule has 0 fully saturated rings. The van der Waals surface area contributed by atoms with Crippen LogP contribution in [0.5, 0.6) is 0 Å². The van der Waals surface area contributed by atoms with Crippen molar-refractivity contribution >= 4 is 50.9 Å². The monoisotopic (exact) mass is 505 g/mol. The van der Waals surface area contributed by atoms with Gasteiger partial charge in [-0.25, -0.2) is 4.99 Å². The first-order valence-corrected chi connectivity index (χ1v) is 10.5. The zero-order chi connectivity index (χ0) is 21.7. The molecule has 0 bridgehead atoms. The van der Waals surface area contributed by atoms with E-state index in [-0.39, 0.29) is 5.84 Å². The normalized spacial score (nSPS) is 13.5. The smallest absolute Gasteiger partial charge is 0.251 e. The van der Waals surface area contributed by atoms with Gasteiger partial charge in [-0.1, -0.05) is 65.7 Å². The number of aliphatic hydroxyl groups is 1. The van der Waals surface area contributed by atoms with Gasteiger partial charge in [0.05, 0.1) is 5.02 Å². The molecular weight excluding hydrogens is 489 g/mol. The van der Waals surface area contributed by atoms with Gasteiger partial charge in [-0.3, -0.25) is 4.79 Å². The van der Waals surface area contributed by atoms with E-state index in [0.29, 0.717) is 31.2 Å². The first kappa shape index (κ1) is 22.3. The van der Waals surface area contributed by atoms with Crippen LogP contribution in [0.2, 0.25) is 10.0 Å². The second kappa shape index (κ2) is 10.1. The van der Waals surface area contributed by atoms with Crippen molar-refractivity contribution in [3.05, 3.63) is 104 Å². The molecule has 0 spiro atoms. The van der Waals surface area contributed by atoms with Crippen LogP contribution in [0.3, 0.4) is 0 Å². The molecule has 0 saturated heterocycles. The molecule has 2 unspecified atom stereocenters. The van der Waals surface area contributed by atoms with Gasteiger partial charge in [0, 0.05) is 20.6 Å². The Hall–Kier alpha value is -2.38. The molecule has 8 heteroatoms. The highest BCUT2D eigenvalue weighted by molar-refractivity contribution is 9.10. The minimum atomic E-state index is -1.33. The first-order valence-electron chi connectivity index (χ1n) is 8.93. The zero-order valence-corrected chi connectivity index (χ0v) is 18.7. The van der Waals surface area contributed by atoms with Gasteiger partial charge in [-0.05, 0) is 51.8 Å². The Morgan fingerprint density at radius 1 is 1.00 bits per heavy atom. The number of aliphatic imine (C=N–C) groups is 1. The number of benzene rings is 3. The molecule has 3 aromatic rings. The second-order valence-corrected chi connectivity index (χ2v) is 8.12. The largest absolute Gasteiger partial charge is 0.383 e. The summed E-state index contributed by atoms with van der Waals surface area (Å²) < 4.78 is 0.590. The summed E-state index contributed by atoms with van der Waals surface area (Å²) in [6.45, 7) is 0. The van der Waals surface area contributed by atoms with Crippen LogP contribution in [0.4, 0.5) is 0 Å². The number of hydrogen-bond donors (Lipinski definition) is 3. The number of aliphatic hydroxyl groups excluding tert-OH is 1. The van der Waals surface area contributed by atoms with E-state index in [1.165, 1.54) is 0 Å². The molecule has 0 aliphatic rings. The summed E-state index contributed by atoms with van der Waals surface area (Å²) in [5.41, 5.74) is 7.71. The zero-order valence-electron chi connectivity index (χ0n) is 15.6. The Morgan fingerprint density at radius 3 is 2.30 bits per heavy atom. The third kappa shape index (κ3) is 5.61. The Morgan fingerprint density at radius 2 is 1.67 bits per heavy atom. The van der Waals surface area contributed by atoms with E-state index >= 15 is 0 Å². The number of nitrogens with one attached hydrogen (secondary N) is 1. The van der Waals surface area contributed by atoms with Gasteiger partial charge in [0.1, 0.15) is 11.9 Å². The molecule has 3 aromatic carbocycles. The maximum atomic E-state index is 12.8. The van der Waals surface area contributed by atoms with Gasteiger partial charge in [0.25, 0.3) is 5.91 Å². The minimum absolute atomic E-state index is 0.158. The molecule has 0 aliphatic carbocycles. The highest BCUT2D eigenvalue weighted by atomic mass is 79.9. The van der Waals surface area contributed by atoms with Crippen LogP contribution in [-0.4, -0.2) is 23.1 Å². The van der Waals surface area contributed by atoms with Crippen molar-refractivity contribution in [3.8, 4) is 0 Å². The summed E-state index contributed by atoms with van der Waals surface area (Å²) in [4.78, 5) is 17.0. The van der Waals surface area contributed by atoms with Crippen LogP contribution in [-0.2, 0) is 0 Å². The third-order valence-electron chi connectivity index (χ3n) is 4.34. The van der Waals surface area contributed by atoms with Crippen LogP contribution >= 0.6 is 39.1 Å². The van der Waals surface area contributed by atoms with Crippen LogP contribution < -0.4 is 11.1 Å². The minimum Gasteiger partial charge on any atom is -0.383 e. The van der Waals surface area contributed by atoms with Crippen molar-refractivity contribution in [2.75, 3.05) is 0 Å². The fourth-order valence-corrected chi connectivity index (χ4v) is 3.38. The number of amidine groups is 1. The fourth-order valence-electron chi connectivity index (χ4n) is 2.76. The summed E-state index contributed by atoms with van der Waals surface area (Å²) in [6, 6.07) is 19.8. The van der Waals surface area contributed by atoms with Crippen molar-refractivity contribution in [2.45, 2.75) is 12.3 Å². The molecule has 30 heavy (non-hydrogen) atoms. The Balaban J connectivity index is 1.91. The lowest BCUT2D eigenvalue weighted by atomic mass is 10.0. The summed E-state index contributed by atoms with van der Waals surface area (Å²) >= 11 is 15.3. The van der Waals surface area contributed by atoms with Crippen LogP contribution in [0, 0.1) is 0 Å². The molecule has 0 aromatic heterocycles. The van der Waals surface area contributed by atoms with Crippen molar-refractivity contribution in [1.29, 1.82) is 0 Å². The first-order chi connectivity index (χ1) is 14.3. The number of amides is 1. The third-order valence-corrected chi connectivity index (χ3v) is 5.80. The molecule has 1 amide bonds. The molecule has 154 valence electrons. The molecule has 0 radical (unpaired) electrons. The molecule has 2 atom stereocenters. The van der Waals surface area contributed by atoms with E-state index in [4.69, 9.17) is 28.9 Å². The van der Waals surface area contributed by atoms with Gasteiger partial charge in [0.15, 0.2) is 6.23 Å². The van der Waals surface area contributed by atoms with Gasteiger partial charge in [0.2, 0.25) is 0 Å². The molecule has 5 nitrogen and oxygen atoms in total. The molecule has 3 rings (SSSR count). The lowest BCUT2D eigenvalue weighted by Crippen LogP contribution is -2.36. The summed E-state index contributed by atoms with van der Waals surface area (Å²) in [5.74, 6) is -0.245.